The standard InChI is InChI=1S/C25H25N3O3/c1-30-18-31-23-12-9-21(10-13-23)25(29)27-15-20-7-11-22-16-26-24(28(22)17-20)14-8-19-5-3-2-4-6-19/h2-7,9-13,16-17H,8,14-15,18H2,1H3,(H,27,29). The summed E-state index contributed by atoms with van der Waals surface area (Å²) in [7, 11) is 1.56. The molecule has 1 amide bonds. The van der Waals surface area contributed by atoms with Gasteiger partial charge in [0.1, 0.15) is 11.6 Å². The van der Waals surface area contributed by atoms with Crippen LogP contribution in [0, 0.1) is 0 Å². The van der Waals surface area contributed by atoms with Crippen molar-refractivity contribution in [3.05, 3.63) is 102 Å². The second-order valence-electron chi connectivity index (χ2n) is 7.25. The van der Waals surface area contributed by atoms with Crippen LogP contribution in [0.25, 0.3) is 5.52 Å². The molecule has 0 radical (unpaired) electrons. The Morgan fingerprint density at radius 2 is 1.77 bits per heavy atom. The lowest BCUT2D eigenvalue weighted by Crippen LogP contribution is -2.22. The third-order valence-electron chi connectivity index (χ3n) is 5.06. The van der Waals surface area contributed by atoms with Gasteiger partial charge in [0.2, 0.25) is 0 Å². The first-order valence-corrected chi connectivity index (χ1v) is 10.2. The van der Waals surface area contributed by atoms with Crippen molar-refractivity contribution >= 4 is 11.4 Å². The number of hydrogen-bond acceptors (Lipinski definition) is 4. The number of aryl methyl sites for hydroxylation is 2. The molecule has 2 aromatic heterocycles. The lowest BCUT2D eigenvalue weighted by molar-refractivity contribution is 0.0511. The van der Waals surface area contributed by atoms with Crippen LogP contribution in [0.5, 0.6) is 5.75 Å². The van der Waals surface area contributed by atoms with Gasteiger partial charge in [0.25, 0.3) is 5.91 Å². The summed E-state index contributed by atoms with van der Waals surface area (Å²) in [5.74, 6) is 1.54. The van der Waals surface area contributed by atoms with Crippen molar-refractivity contribution in [2.75, 3.05) is 13.9 Å². The number of imidazole rings is 1. The SMILES string of the molecule is COCOc1ccc(C(=O)NCc2ccc3cnc(CCc4ccccc4)n3c2)cc1. The molecule has 0 spiro atoms. The monoisotopic (exact) mass is 415 g/mol. The lowest BCUT2D eigenvalue weighted by Gasteiger charge is -2.09. The Morgan fingerprint density at radius 3 is 2.55 bits per heavy atom. The van der Waals surface area contributed by atoms with Gasteiger partial charge < -0.3 is 19.2 Å². The summed E-state index contributed by atoms with van der Waals surface area (Å²) in [5, 5.41) is 2.97. The molecule has 4 aromatic rings. The number of nitrogens with one attached hydrogen (secondary N) is 1. The molecule has 6 nitrogen and oxygen atoms in total. The number of nitrogens with zero attached hydrogens (tertiary/aromatic N) is 2. The van der Waals surface area contributed by atoms with Crippen molar-refractivity contribution in [2.24, 2.45) is 0 Å². The second kappa shape index (κ2) is 9.91. The first kappa shape index (κ1) is 20.6. The largest absolute Gasteiger partial charge is 0.468 e. The van der Waals surface area contributed by atoms with Gasteiger partial charge in [-0.15, -0.1) is 0 Å². The van der Waals surface area contributed by atoms with Crippen molar-refractivity contribution in [3.8, 4) is 5.75 Å². The first-order chi connectivity index (χ1) is 15.2. The van der Waals surface area contributed by atoms with Gasteiger partial charge in [-0.05, 0) is 47.9 Å². The van der Waals surface area contributed by atoms with Crippen LogP contribution >= 0.6 is 0 Å². The van der Waals surface area contributed by atoms with Crippen LogP contribution in [0.4, 0.5) is 0 Å². The zero-order valence-electron chi connectivity index (χ0n) is 17.5. The maximum Gasteiger partial charge on any atom is 0.251 e. The molecular formula is C25H25N3O3. The third kappa shape index (κ3) is 5.29. The van der Waals surface area contributed by atoms with E-state index in [1.54, 1.807) is 31.4 Å². The summed E-state index contributed by atoms with van der Waals surface area (Å²) >= 11 is 0. The number of fused-ring (bicyclic) bond motifs is 1. The number of hydrogen-bond donors (Lipinski definition) is 1. The van der Waals surface area contributed by atoms with E-state index in [2.05, 4.69) is 39.0 Å². The van der Waals surface area contributed by atoms with Gasteiger partial charge in [-0.25, -0.2) is 4.98 Å². The topological polar surface area (TPSA) is 64.9 Å². The highest BCUT2D eigenvalue weighted by Gasteiger charge is 2.08. The van der Waals surface area contributed by atoms with Crippen LogP contribution in [0.15, 0.2) is 79.1 Å². The van der Waals surface area contributed by atoms with Crippen LogP contribution in [0.2, 0.25) is 0 Å². The molecule has 0 aliphatic rings. The molecule has 0 unspecified atom stereocenters. The number of rotatable bonds is 9. The summed E-state index contributed by atoms with van der Waals surface area (Å²) in [6.45, 7) is 0.614. The van der Waals surface area contributed by atoms with Crippen LogP contribution < -0.4 is 10.1 Å². The van der Waals surface area contributed by atoms with Gasteiger partial charge in [-0.1, -0.05) is 36.4 Å². The highest BCUT2D eigenvalue weighted by atomic mass is 16.7. The normalized spacial score (nSPS) is 10.9. The summed E-state index contributed by atoms with van der Waals surface area (Å²) < 4.78 is 12.3. The summed E-state index contributed by atoms with van der Waals surface area (Å²) in [4.78, 5) is 17.1. The molecule has 4 rings (SSSR count). The Bertz CT molecular complexity index is 1140. The fourth-order valence-electron chi connectivity index (χ4n) is 3.39. The number of methoxy groups -OCH3 is 1. The average molecular weight is 415 g/mol. The highest BCUT2D eigenvalue weighted by Crippen LogP contribution is 2.14. The first-order valence-electron chi connectivity index (χ1n) is 10.2. The number of benzene rings is 2. The maximum absolute atomic E-state index is 12.5. The van der Waals surface area contributed by atoms with Crippen molar-refractivity contribution in [3.63, 3.8) is 0 Å². The molecule has 0 aliphatic heterocycles. The molecular weight excluding hydrogens is 390 g/mol. The Kier molecular flexibility index (Phi) is 6.59. The highest BCUT2D eigenvalue weighted by molar-refractivity contribution is 5.94. The minimum atomic E-state index is -0.131. The van der Waals surface area contributed by atoms with Crippen molar-refractivity contribution in [2.45, 2.75) is 19.4 Å². The Balaban J connectivity index is 1.38. The van der Waals surface area contributed by atoms with Gasteiger partial charge in [0.05, 0.1) is 11.7 Å². The summed E-state index contributed by atoms with van der Waals surface area (Å²) in [6.07, 6.45) is 5.72. The Morgan fingerprint density at radius 1 is 0.968 bits per heavy atom. The van der Waals surface area contributed by atoms with E-state index in [9.17, 15) is 4.79 Å². The molecule has 0 atom stereocenters. The quantitative estimate of drug-likeness (QED) is 0.419. The van der Waals surface area contributed by atoms with Crippen molar-refractivity contribution in [1.82, 2.24) is 14.7 Å². The van der Waals surface area contributed by atoms with Crippen molar-refractivity contribution in [1.29, 1.82) is 0 Å². The second-order valence-corrected chi connectivity index (χ2v) is 7.25. The summed E-state index contributed by atoms with van der Waals surface area (Å²) in [5.41, 5.74) is 3.93. The lowest BCUT2D eigenvalue weighted by atomic mass is 10.1. The smallest absolute Gasteiger partial charge is 0.251 e. The molecule has 2 heterocycles. The van der Waals surface area contributed by atoms with E-state index in [-0.39, 0.29) is 12.7 Å². The zero-order valence-corrected chi connectivity index (χ0v) is 17.5. The predicted molar refractivity (Wildman–Crippen MR) is 119 cm³/mol. The van der Waals surface area contributed by atoms with E-state index >= 15 is 0 Å². The van der Waals surface area contributed by atoms with Gasteiger partial charge in [0, 0.05) is 31.8 Å². The average Bonchev–Trinajstić information content (AvgIpc) is 3.23. The van der Waals surface area contributed by atoms with Crippen molar-refractivity contribution < 1.29 is 14.3 Å². The molecule has 2 aromatic carbocycles. The van der Waals surface area contributed by atoms with Crippen LogP contribution in [-0.4, -0.2) is 29.2 Å². The molecule has 6 heteroatoms. The van der Waals surface area contributed by atoms with Gasteiger partial charge in [0.15, 0.2) is 6.79 Å². The fraction of sp³-hybridized carbons (Fsp3) is 0.200. The minimum absolute atomic E-state index is 0.131. The molecule has 0 saturated heterocycles. The Labute approximate surface area is 181 Å². The van der Waals surface area contributed by atoms with E-state index in [0.29, 0.717) is 17.9 Å². The molecule has 0 aliphatic carbocycles. The van der Waals surface area contributed by atoms with E-state index in [1.165, 1.54) is 5.56 Å². The van der Waals surface area contributed by atoms with E-state index < -0.39 is 0 Å². The molecule has 0 fully saturated rings. The number of pyridine rings is 1. The van der Waals surface area contributed by atoms with Gasteiger partial charge >= 0.3 is 0 Å². The third-order valence-corrected chi connectivity index (χ3v) is 5.06. The zero-order chi connectivity index (χ0) is 21.5. The molecule has 1 N–H and O–H groups in total. The molecule has 0 bridgehead atoms. The molecule has 0 saturated carbocycles. The van der Waals surface area contributed by atoms with Crippen LogP contribution in [0.1, 0.15) is 27.3 Å². The fourth-order valence-corrected chi connectivity index (χ4v) is 3.39. The summed E-state index contributed by atoms with van der Waals surface area (Å²) in [6, 6.07) is 21.4. The number of aromatic nitrogens is 2. The number of carbonyl (C=O) groups is 1. The van der Waals surface area contributed by atoms with E-state index in [4.69, 9.17) is 9.47 Å². The molecule has 158 valence electrons. The minimum Gasteiger partial charge on any atom is -0.468 e. The molecule has 31 heavy (non-hydrogen) atoms. The van der Waals surface area contributed by atoms with E-state index in [1.807, 2.05) is 30.6 Å². The van der Waals surface area contributed by atoms with Gasteiger partial charge in [-0.3, -0.25) is 4.79 Å². The van der Waals surface area contributed by atoms with Gasteiger partial charge in [-0.2, -0.15) is 0 Å². The number of carbonyl (C=O) groups excluding carboxylic acids is 1. The maximum atomic E-state index is 12.5. The number of amides is 1. The van der Waals surface area contributed by atoms with Crippen LogP contribution in [0.3, 0.4) is 0 Å². The predicted octanol–water partition coefficient (Wildman–Crippen LogP) is 4.03. The number of ether oxygens (including phenoxy) is 2. The Hall–Kier alpha value is -3.64. The van der Waals surface area contributed by atoms with Crippen LogP contribution in [-0.2, 0) is 24.1 Å². The van der Waals surface area contributed by atoms with E-state index in [0.717, 1.165) is 29.7 Å².